The Morgan fingerprint density at radius 2 is 1.75 bits per heavy atom. The molecule has 0 N–H and O–H groups in total. The van der Waals surface area contributed by atoms with Crippen LogP contribution in [-0.2, 0) is 4.79 Å². The Balaban J connectivity index is 0.00000106. The number of hydrogen-bond acceptors (Lipinski definition) is 2. The molecule has 0 aromatic heterocycles. The van der Waals surface area contributed by atoms with Gasteiger partial charge in [0, 0.05) is 19.8 Å². The summed E-state index contributed by atoms with van der Waals surface area (Å²) in [5.41, 5.74) is 2.93. The van der Waals surface area contributed by atoms with Crippen molar-refractivity contribution in [1.82, 2.24) is 0 Å². The van der Waals surface area contributed by atoms with Gasteiger partial charge >= 0.3 is 0 Å². The zero-order valence-electron chi connectivity index (χ0n) is 10.8. The predicted molar refractivity (Wildman–Crippen MR) is 71.8 cm³/mol. The molecule has 0 unspecified atom stereocenters. The van der Waals surface area contributed by atoms with E-state index in [1.54, 1.807) is 6.92 Å². The van der Waals surface area contributed by atoms with Gasteiger partial charge in [-0.15, -0.1) is 0 Å². The second-order valence-corrected chi connectivity index (χ2v) is 3.46. The van der Waals surface area contributed by atoms with Gasteiger partial charge in [0.25, 0.3) is 0 Å². The van der Waals surface area contributed by atoms with Crippen LogP contribution in [0.25, 0.3) is 6.08 Å². The second kappa shape index (κ2) is 7.69. The Morgan fingerprint density at radius 3 is 2.25 bits per heavy atom. The summed E-state index contributed by atoms with van der Waals surface area (Å²) in [4.78, 5) is 12.5. The maximum atomic E-state index is 10.5. The van der Waals surface area contributed by atoms with Crippen molar-refractivity contribution in [2.75, 3.05) is 19.0 Å². The average Bonchev–Trinajstić information content (AvgIpc) is 2.32. The first-order valence-electron chi connectivity index (χ1n) is 5.55. The molecule has 0 aliphatic heterocycles. The van der Waals surface area contributed by atoms with Crippen molar-refractivity contribution < 1.29 is 4.79 Å². The Labute approximate surface area is 98.6 Å². The number of carbonyl (C=O) groups excluding carboxylic acids is 1. The number of nitrogens with zero attached hydrogens (tertiary/aromatic N) is 1. The van der Waals surface area contributed by atoms with Crippen molar-refractivity contribution in [2.45, 2.75) is 20.8 Å². The van der Waals surface area contributed by atoms with Crippen molar-refractivity contribution in [3.8, 4) is 0 Å². The lowest BCUT2D eigenvalue weighted by molar-refractivity contribution is -0.104. The number of aldehydes is 1. The molecular formula is C14H21NO. The third kappa shape index (κ3) is 4.30. The molecule has 0 saturated heterocycles. The zero-order chi connectivity index (χ0) is 12.6. The quantitative estimate of drug-likeness (QED) is 0.574. The topological polar surface area (TPSA) is 20.3 Å². The van der Waals surface area contributed by atoms with Crippen LogP contribution in [0.2, 0.25) is 0 Å². The van der Waals surface area contributed by atoms with Crippen LogP contribution in [0.5, 0.6) is 0 Å². The molecular weight excluding hydrogens is 198 g/mol. The van der Waals surface area contributed by atoms with E-state index < -0.39 is 0 Å². The Hall–Kier alpha value is -1.57. The molecule has 2 nitrogen and oxygen atoms in total. The average molecular weight is 219 g/mol. The first-order chi connectivity index (χ1) is 7.65. The molecule has 0 fully saturated rings. The van der Waals surface area contributed by atoms with E-state index in [0.29, 0.717) is 0 Å². The SMILES string of the molecule is C/C(C=O)=C/c1ccccc1N(C)C.CC. The third-order valence-corrected chi connectivity index (χ3v) is 1.99. The lowest BCUT2D eigenvalue weighted by atomic mass is 10.1. The minimum atomic E-state index is 0.735. The molecule has 0 heterocycles. The van der Waals surface area contributed by atoms with Crippen LogP contribution >= 0.6 is 0 Å². The molecule has 1 aromatic carbocycles. The van der Waals surface area contributed by atoms with Crippen LogP contribution in [0.3, 0.4) is 0 Å². The van der Waals surface area contributed by atoms with Gasteiger partial charge in [-0.1, -0.05) is 32.0 Å². The smallest absolute Gasteiger partial charge is 0.145 e. The van der Waals surface area contributed by atoms with Gasteiger partial charge in [-0.25, -0.2) is 0 Å². The Morgan fingerprint density at radius 1 is 1.19 bits per heavy atom. The number of rotatable bonds is 3. The zero-order valence-corrected chi connectivity index (χ0v) is 10.8. The molecule has 88 valence electrons. The highest BCUT2D eigenvalue weighted by Crippen LogP contribution is 2.20. The molecule has 0 radical (unpaired) electrons. The highest BCUT2D eigenvalue weighted by Gasteiger charge is 2.00. The van der Waals surface area contributed by atoms with Crippen LogP contribution < -0.4 is 4.90 Å². The number of benzene rings is 1. The van der Waals surface area contributed by atoms with Gasteiger partial charge < -0.3 is 4.90 Å². The van der Waals surface area contributed by atoms with Crippen LogP contribution in [0, 0.1) is 0 Å². The van der Waals surface area contributed by atoms with Gasteiger partial charge in [0.05, 0.1) is 0 Å². The third-order valence-electron chi connectivity index (χ3n) is 1.99. The fourth-order valence-electron chi connectivity index (χ4n) is 1.30. The first-order valence-corrected chi connectivity index (χ1v) is 5.55. The summed E-state index contributed by atoms with van der Waals surface area (Å²) in [6, 6.07) is 7.99. The number of allylic oxidation sites excluding steroid dienone is 1. The van der Waals surface area contributed by atoms with Crippen molar-refractivity contribution in [1.29, 1.82) is 0 Å². The van der Waals surface area contributed by atoms with E-state index in [-0.39, 0.29) is 0 Å². The van der Waals surface area contributed by atoms with E-state index in [1.165, 1.54) is 0 Å². The van der Waals surface area contributed by atoms with Crippen LogP contribution in [0.15, 0.2) is 29.8 Å². The van der Waals surface area contributed by atoms with Gasteiger partial charge in [0.2, 0.25) is 0 Å². The fourth-order valence-corrected chi connectivity index (χ4v) is 1.30. The highest BCUT2D eigenvalue weighted by molar-refractivity contribution is 5.83. The van der Waals surface area contributed by atoms with Crippen molar-refractivity contribution in [3.63, 3.8) is 0 Å². The maximum Gasteiger partial charge on any atom is 0.145 e. The predicted octanol–water partition coefficient (Wildman–Crippen LogP) is 3.38. The summed E-state index contributed by atoms with van der Waals surface area (Å²) in [5.74, 6) is 0. The molecule has 1 aromatic rings. The van der Waals surface area contributed by atoms with E-state index in [4.69, 9.17) is 0 Å². The second-order valence-electron chi connectivity index (χ2n) is 3.46. The Bertz CT molecular complexity index is 354. The summed E-state index contributed by atoms with van der Waals surface area (Å²) < 4.78 is 0. The first kappa shape index (κ1) is 14.4. The van der Waals surface area contributed by atoms with Crippen LogP contribution in [0.4, 0.5) is 5.69 Å². The lowest BCUT2D eigenvalue weighted by Gasteiger charge is -2.15. The molecule has 0 saturated carbocycles. The molecule has 2 heteroatoms. The minimum Gasteiger partial charge on any atom is -0.377 e. The lowest BCUT2D eigenvalue weighted by Crippen LogP contribution is -2.09. The van der Waals surface area contributed by atoms with Gasteiger partial charge in [0.15, 0.2) is 0 Å². The molecule has 0 aliphatic rings. The number of para-hydroxylation sites is 1. The summed E-state index contributed by atoms with van der Waals surface area (Å²) in [6.07, 6.45) is 2.76. The van der Waals surface area contributed by atoms with E-state index in [1.807, 2.05) is 63.2 Å². The van der Waals surface area contributed by atoms with Crippen LogP contribution in [-0.4, -0.2) is 20.4 Å². The van der Waals surface area contributed by atoms with Crippen molar-refractivity contribution in [2.24, 2.45) is 0 Å². The van der Waals surface area contributed by atoms with E-state index in [2.05, 4.69) is 0 Å². The van der Waals surface area contributed by atoms with Gasteiger partial charge in [-0.05, 0) is 30.2 Å². The fraction of sp³-hybridized carbons (Fsp3) is 0.357. The normalized spacial score (nSPS) is 10.2. The summed E-state index contributed by atoms with van der Waals surface area (Å²) in [6.45, 7) is 5.80. The number of carbonyl (C=O) groups is 1. The van der Waals surface area contributed by atoms with Crippen molar-refractivity contribution in [3.05, 3.63) is 35.4 Å². The van der Waals surface area contributed by atoms with E-state index in [0.717, 1.165) is 23.1 Å². The Kier molecular flexibility index (Phi) is 6.93. The minimum absolute atomic E-state index is 0.735. The summed E-state index contributed by atoms with van der Waals surface area (Å²) in [7, 11) is 3.98. The highest BCUT2D eigenvalue weighted by atomic mass is 16.1. The van der Waals surface area contributed by atoms with Crippen LogP contribution in [0.1, 0.15) is 26.3 Å². The molecule has 16 heavy (non-hydrogen) atoms. The van der Waals surface area contributed by atoms with E-state index >= 15 is 0 Å². The molecule has 1 rings (SSSR count). The van der Waals surface area contributed by atoms with Crippen molar-refractivity contribution >= 4 is 18.0 Å². The van der Waals surface area contributed by atoms with Gasteiger partial charge in [-0.2, -0.15) is 0 Å². The standard InChI is InChI=1S/C12H15NO.C2H6/c1-10(9-14)8-11-6-4-5-7-12(11)13(2)3;1-2/h4-9H,1-3H3;1-2H3/b10-8-;. The molecule has 0 spiro atoms. The molecule has 0 aliphatic carbocycles. The van der Waals surface area contributed by atoms with E-state index in [9.17, 15) is 4.79 Å². The summed E-state index contributed by atoms with van der Waals surface area (Å²) in [5, 5.41) is 0. The summed E-state index contributed by atoms with van der Waals surface area (Å²) >= 11 is 0. The number of anilines is 1. The largest absolute Gasteiger partial charge is 0.377 e. The van der Waals surface area contributed by atoms with Gasteiger partial charge in [-0.3, -0.25) is 4.79 Å². The maximum absolute atomic E-state index is 10.5. The monoisotopic (exact) mass is 219 g/mol. The molecule has 0 atom stereocenters. The molecule has 0 amide bonds. The van der Waals surface area contributed by atoms with Gasteiger partial charge in [0.1, 0.15) is 6.29 Å². The molecule has 0 bridgehead atoms. The number of hydrogen-bond donors (Lipinski definition) is 0.